The highest BCUT2D eigenvalue weighted by atomic mass is 16.5. The van der Waals surface area contributed by atoms with Crippen LogP contribution in [0.25, 0.3) is 6.08 Å². The zero-order valence-corrected chi connectivity index (χ0v) is 12.9. The van der Waals surface area contributed by atoms with Gasteiger partial charge in [-0.05, 0) is 38.1 Å². The Balaban J connectivity index is 1.82. The summed E-state index contributed by atoms with van der Waals surface area (Å²) in [4.78, 5) is 13.1. The van der Waals surface area contributed by atoms with Crippen molar-refractivity contribution in [3.05, 3.63) is 29.8 Å². The smallest absolute Gasteiger partial charge is 0.320 e. The summed E-state index contributed by atoms with van der Waals surface area (Å²) < 4.78 is 11.9. The second-order valence-corrected chi connectivity index (χ2v) is 5.84. The highest BCUT2D eigenvalue weighted by Crippen LogP contribution is 2.40. The lowest BCUT2D eigenvalue weighted by Gasteiger charge is -2.32. The Morgan fingerprint density at radius 3 is 3.09 bits per heavy atom. The molecular formula is C17H21NO4. The maximum atomic E-state index is 11.2. The van der Waals surface area contributed by atoms with Gasteiger partial charge in [-0.2, -0.15) is 0 Å². The van der Waals surface area contributed by atoms with Gasteiger partial charge in [-0.15, -0.1) is 0 Å². The summed E-state index contributed by atoms with van der Waals surface area (Å²) >= 11 is 0. The van der Waals surface area contributed by atoms with E-state index in [4.69, 9.17) is 14.6 Å². The maximum absolute atomic E-state index is 11.2. The predicted octanol–water partition coefficient (Wildman–Crippen LogP) is 2.41. The largest absolute Gasteiger partial charge is 0.493 e. The van der Waals surface area contributed by atoms with Gasteiger partial charge in [0, 0.05) is 19.5 Å². The molecule has 1 aromatic rings. The van der Waals surface area contributed by atoms with E-state index in [-0.39, 0.29) is 0 Å². The SMILES string of the molecule is CCOc1cccc2c1C=CC1(CCN(C(C)C(=O)O)C1)O2. The van der Waals surface area contributed by atoms with E-state index in [1.54, 1.807) is 6.92 Å². The van der Waals surface area contributed by atoms with Crippen molar-refractivity contribution >= 4 is 12.0 Å². The minimum absolute atomic E-state index is 0.429. The van der Waals surface area contributed by atoms with E-state index >= 15 is 0 Å². The Bertz CT molecular complexity index is 613. The summed E-state index contributed by atoms with van der Waals surface area (Å²) in [5, 5.41) is 9.17. The molecule has 5 heteroatoms. The summed E-state index contributed by atoms with van der Waals surface area (Å²) in [7, 11) is 0. The fourth-order valence-electron chi connectivity index (χ4n) is 3.09. The molecular weight excluding hydrogens is 282 g/mol. The van der Waals surface area contributed by atoms with Gasteiger partial charge in [-0.25, -0.2) is 0 Å². The summed E-state index contributed by atoms with van der Waals surface area (Å²) in [6.45, 7) is 5.60. The highest BCUT2D eigenvalue weighted by Gasteiger charge is 2.43. The maximum Gasteiger partial charge on any atom is 0.320 e. The van der Waals surface area contributed by atoms with Crippen LogP contribution in [-0.4, -0.2) is 47.3 Å². The summed E-state index contributed by atoms with van der Waals surface area (Å²) in [5.41, 5.74) is 0.529. The number of carboxylic acid groups (broad SMARTS) is 1. The van der Waals surface area contributed by atoms with E-state index in [1.165, 1.54) is 0 Å². The van der Waals surface area contributed by atoms with Gasteiger partial charge in [0.25, 0.3) is 0 Å². The van der Waals surface area contributed by atoms with Crippen LogP contribution < -0.4 is 9.47 Å². The first-order chi connectivity index (χ1) is 10.5. The van der Waals surface area contributed by atoms with Gasteiger partial charge in [0.15, 0.2) is 0 Å². The normalized spacial score (nSPS) is 24.8. The first-order valence-electron chi connectivity index (χ1n) is 7.65. The van der Waals surface area contributed by atoms with Crippen molar-refractivity contribution in [1.82, 2.24) is 4.90 Å². The Morgan fingerprint density at radius 1 is 1.55 bits per heavy atom. The lowest BCUT2D eigenvalue weighted by Crippen LogP contribution is -2.43. The van der Waals surface area contributed by atoms with Crippen LogP contribution in [0, 0.1) is 0 Å². The molecule has 1 N–H and O–H groups in total. The molecule has 5 nitrogen and oxygen atoms in total. The molecule has 0 amide bonds. The van der Waals surface area contributed by atoms with E-state index in [0.717, 1.165) is 30.0 Å². The minimum atomic E-state index is -0.795. The fraction of sp³-hybridized carbons (Fsp3) is 0.471. The van der Waals surface area contributed by atoms with Gasteiger partial charge in [0.2, 0.25) is 0 Å². The zero-order chi connectivity index (χ0) is 15.7. The van der Waals surface area contributed by atoms with Gasteiger partial charge in [-0.3, -0.25) is 9.69 Å². The van der Waals surface area contributed by atoms with E-state index in [9.17, 15) is 4.79 Å². The lowest BCUT2D eigenvalue weighted by atomic mass is 9.97. The minimum Gasteiger partial charge on any atom is -0.493 e. The van der Waals surface area contributed by atoms with Crippen LogP contribution in [-0.2, 0) is 4.79 Å². The molecule has 22 heavy (non-hydrogen) atoms. The number of nitrogens with zero attached hydrogens (tertiary/aromatic N) is 1. The Kier molecular flexibility index (Phi) is 3.83. The van der Waals surface area contributed by atoms with Crippen molar-refractivity contribution in [3.8, 4) is 11.5 Å². The zero-order valence-electron chi connectivity index (χ0n) is 12.9. The van der Waals surface area contributed by atoms with Gasteiger partial charge in [0.05, 0.1) is 12.2 Å². The van der Waals surface area contributed by atoms with Crippen molar-refractivity contribution < 1.29 is 19.4 Å². The van der Waals surface area contributed by atoms with Gasteiger partial charge >= 0.3 is 5.97 Å². The molecule has 2 aliphatic rings. The third-order valence-corrected chi connectivity index (χ3v) is 4.39. The number of carboxylic acids is 1. The molecule has 2 atom stereocenters. The predicted molar refractivity (Wildman–Crippen MR) is 83.3 cm³/mol. The van der Waals surface area contributed by atoms with Crippen LogP contribution in [0.3, 0.4) is 0 Å². The monoisotopic (exact) mass is 303 g/mol. The molecule has 0 radical (unpaired) electrons. The second-order valence-electron chi connectivity index (χ2n) is 5.84. The summed E-state index contributed by atoms with van der Waals surface area (Å²) in [6.07, 6.45) is 4.88. The third-order valence-electron chi connectivity index (χ3n) is 4.39. The average Bonchev–Trinajstić information content (AvgIpc) is 2.90. The third kappa shape index (κ3) is 2.57. The molecule has 3 rings (SSSR count). The molecule has 0 bridgehead atoms. The molecule has 0 saturated carbocycles. The lowest BCUT2D eigenvalue weighted by molar-refractivity contribution is -0.142. The Hall–Kier alpha value is -2.01. The number of benzene rings is 1. The van der Waals surface area contributed by atoms with E-state index in [0.29, 0.717) is 13.2 Å². The highest BCUT2D eigenvalue weighted by molar-refractivity contribution is 5.73. The average molecular weight is 303 g/mol. The number of hydrogen-bond donors (Lipinski definition) is 1. The fourth-order valence-corrected chi connectivity index (χ4v) is 3.09. The van der Waals surface area contributed by atoms with Crippen molar-refractivity contribution in [2.45, 2.75) is 31.9 Å². The molecule has 1 fully saturated rings. The second kappa shape index (κ2) is 5.65. The van der Waals surface area contributed by atoms with Crippen LogP contribution in [0.15, 0.2) is 24.3 Å². The molecule has 2 heterocycles. The number of fused-ring (bicyclic) bond motifs is 1. The van der Waals surface area contributed by atoms with Crippen molar-refractivity contribution in [3.63, 3.8) is 0 Å². The molecule has 1 aromatic carbocycles. The van der Waals surface area contributed by atoms with Crippen LogP contribution in [0.5, 0.6) is 11.5 Å². The number of aliphatic carboxylic acids is 1. The van der Waals surface area contributed by atoms with Crippen molar-refractivity contribution in [1.29, 1.82) is 0 Å². The van der Waals surface area contributed by atoms with Crippen LogP contribution >= 0.6 is 0 Å². The van der Waals surface area contributed by atoms with E-state index < -0.39 is 17.6 Å². The number of rotatable bonds is 4. The first-order valence-corrected chi connectivity index (χ1v) is 7.65. The molecule has 1 saturated heterocycles. The Morgan fingerprint density at radius 2 is 2.36 bits per heavy atom. The van der Waals surface area contributed by atoms with Gasteiger partial charge < -0.3 is 14.6 Å². The van der Waals surface area contributed by atoms with Crippen LogP contribution in [0.2, 0.25) is 0 Å². The number of likely N-dealkylation sites (tertiary alicyclic amines) is 1. The quantitative estimate of drug-likeness (QED) is 0.925. The molecule has 2 aliphatic heterocycles. The van der Waals surface area contributed by atoms with Crippen LogP contribution in [0.1, 0.15) is 25.8 Å². The standard InChI is InChI=1S/C17H21NO4/c1-3-21-14-5-4-6-15-13(14)7-8-17(22-15)9-10-18(11-17)12(2)16(19)20/h4-8,12H,3,9-11H2,1-2H3,(H,19,20). The topological polar surface area (TPSA) is 59.0 Å². The van der Waals surface area contributed by atoms with E-state index in [2.05, 4.69) is 0 Å². The van der Waals surface area contributed by atoms with Crippen LogP contribution in [0.4, 0.5) is 0 Å². The Labute approximate surface area is 130 Å². The molecule has 118 valence electrons. The van der Waals surface area contributed by atoms with Gasteiger partial charge in [-0.1, -0.05) is 6.07 Å². The van der Waals surface area contributed by atoms with Gasteiger partial charge in [0.1, 0.15) is 23.1 Å². The summed E-state index contributed by atoms with van der Waals surface area (Å²) in [5.74, 6) is 0.828. The first kappa shape index (κ1) is 14.9. The molecule has 2 unspecified atom stereocenters. The summed E-state index contributed by atoms with van der Waals surface area (Å²) in [6, 6.07) is 5.30. The number of hydrogen-bond acceptors (Lipinski definition) is 4. The molecule has 0 aromatic heterocycles. The number of carbonyl (C=O) groups is 1. The van der Waals surface area contributed by atoms with Crippen molar-refractivity contribution in [2.75, 3.05) is 19.7 Å². The number of ether oxygens (including phenoxy) is 2. The molecule has 0 aliphatic carbocycles. The van der Waals surface area contributed by atoms with E-state index in [1.807, 2.05) is 42.2 Å². The van der Waals surface area contributed by atoms with Crippen molar-refractivity contribution in [2.24, 2.45) is 0 Å². The molecule has 1 spiro atoms.